The molecule has 2 aliphatic rings. The normalized spacial score (nSPS) is 19.3. The van der Waals surface area contributed by atoms with E-state index < -0.39 is 23.9 Å². The van der Waals surface area contributed by atoms with Crippen molar-refractivity contribution in [3.63, 3.8) is 0 Å². The molecule has 2 aliphatic heterocycles. The molecule has 3 amide bonds. The van der Waals surface area contributed by atoms with Crippen molar-refractivity contribution in [1.82, 2.24) is 35.3 Å². The van der Waals surface area contributed by atoms with E-state index in [2.05, 4.69) is 20.8 Å². The highest BCUT2D eigenvalue weighted by Gasteiger charge is 2.39. The number of rotatable bonds is 7. The quantitative estimate of drug-likeness (QED) is 0.390. The molecular formula is C30H32Cl2F3N7O4. The molecule has 2 aromatic carbocycles. The van der Waals surface area contributed by atoms with Gasteiger partial charge < -0.3 is 19.9 Å². The summed E-state index contributed by atoms with van der Waals surface area (Å²) in [5, 5.41) is 13.5. The number of benzene rings is 2. The molecule has 0 bridgehead atoms. The number of amides is 3. The Kier molecular flexibility index (Phi) is 10.2. The lowest BCUT2D eigenvalue weighted by Gasteiger charge is -2.41. The number of nitrogens with one attached hydrogen (secondary N) is 1. The second kappa shape index (κ2) is 13.9. The zero-order valence-electron chi connectivity index (χ0n) is 25.1. The summed E-state index contributed by atoms with van der Waals surface area (Å²) in [5.74, 6) is -2.48. The van der Waals surface area contributed by atoms with Gasteiger partial charge in [-0.3, -0.25) is 14.4 Å². The summed E-state index contributed by atoms with van der Waals surface area (Å²) in [6.07, 6.45) is -3.27. The van der Waals surface area contributed by atoms with Crippen LogP contribution in [0.2, 0.25) is 10.0 Å². The maximum atomic E-state index is 13.8. The topological polar surface area (TPSA) is 123 Å². The van der Waals surface area contributed by atoms with Crippen molar-refractivity contribution in [2.75, 3.05) is 33.3 Å². The summed E-state index contributed by atoms with van der Waals surface area (Å²) in [6.45, 7) is 3.25. The number of likely N-dealkylation sites (tertiary alicyclic amines) is 2. The van der Waals surface area contributed by atoms with E-state index in [-0.39, 0.29) is 41.5 Å². The number of hydrogen-bond donors (Lipinski definition) is 1. The number of carbonyl (C=O) groups excluding carboxylic acids is 3. The molecule has 1 N–H and O–H groups in total. The first kappa shape index (κ1) is 33.6. The zero-order chi connectivity index (χ0) is 33.2. The van der Waals surface area contributed by atoms with Gasteiger partial charge in [-0.2, -0.15) is 17.9 Å². The first-order chi connectivity index (χ1) is 21.9. The van der Waals surface area contributed by atoms with Crippen molar-refractivity contribution in [2.45, 2.75) is 50.9 Å². The molecule has 2 unspecified atom stereocenters. The second-order valence-electron chi connectivity index (χ2n) is 11.4. The van der Waals surface area contributed by atoms with Gasteiger partial charge in [-0.05, 0) is 65.1 Å². The molecule has 2 atom stereocenters. The number of tetrazole rings is 1. The number of alkyl halides is 3. The third kappa shape index (κ3) is 7.29. The van der Waals surface area contributed by atoms with Crippen LogP contribution in [0.15, 0.2) is 36.4 Å². The first-order valence-corrected chi connectivity index (χ1v) is 15.4. The molecule has 3 aromatic rings. The van der Waals surface area contributed by atoms with Gasteiger partial charge in [-0.15, -0.1) is 5.10 Å². The maximum absolute atomic E-state index is 13.8. The van der Waals surface area contributed by atoms with E-state index in [1.807, 2.05) is 0 Å². The van der Waals surface area contributed by atoms with Crippen molar-refractivity contribution in [2.24, 2.45) is 5.92 Å². The lowest BCUT2D eigenvalue weighted by atomic mass is 9.84. The van der Waals surface area contributed by atoms with Crippen LogP contribution in [0.5, 0.6) is 0 Å². The first-order valence-electron chi connectivity index (χ1n) is 14.6. The number of methoxy groups -OCH3 is 1. The second-order valence-corrected chi connectivity index (χ2v) is 12.2. The van der Waals surface area contributed by atoms with Crippen LogP contribution in [0.4, 0.5) is 13.2 Å². The van der Waals surface area contributed by atoms with Crippen molar-refractivity contribution >= 4 is 40.9 Å². The standard InChI is InChI=1S/C30H32Cl2F3N7O4/c1-17(43)40-10-7-18(8-11-40)28(45)41-12-9-26(23(15-41)19-4-6-24(31)25(32)13-19)36-27(44)22-14-21(5-3-20(22)16-46-2)42-29(30(33,34)35)37-38-39-42/h3-6,13-14,18,23,26H,7-12,15-16H2,1-2H3,(H,36,44). The number of piperidine rings is 2. The van der Waals surface area contributed by atoms with Gasteiger partial charge in [0, 0.05) is 63.7 Å². The van der Waals surface area contributed by atoms with E-state index in [1.54, 1.807) is 28.0 Å². The Bertz CT molecular complexity index is 1610. The smallest absolute Gasteiger partial charge is 0.380 e. The van der Waals surface area contributed by atoms with Gasteiger partial charge in [0.25, 0.3) is 11.7 Å². The highest BCUT2D eigenvalue weighted by atomic mass is 35.5. The van der Waals surface area contributed by atoms with E-state index >= 15 is 0 Å². The van der Waals surface area contributed by atoms with Crippen molar-refractivity contribution in [3.05, 3.63) is 69.0 Å². The van der Waals surface area contributed by atoms with Gasteiger partial charge >= 0.3 is 6.18 Å². The molecule has 2 saturated heterocycles. The van der Waals surface area contributed by atoms with Crippen LogP contribution in [0.1, 0.15) is 59.4 Å². The number of ether oxygens (including phenoxy) is 1. The molecule has 3 heterocycles. The lowest BCUT2D eigenvalue weighted by molar-refractivity contribution is -0.146. The summed E-state index contributed by atoms with van der Waals surface area (Å²) in [4.78, 5) is 42.8. The Labute approximate surface area is 272 Å². The number of aromatic nitrogens is 4. The average Bonchev–Trinajstić information content (AvgIpc) is 3.54. The Morgan fingerprint density at radius 3 is 2.37 bits per heavy atom. The predicted molar refractivity (Wildman–Crippen MR) is 162 cm³/mol. The summed E-state index contributed by atoms with van der Waals surface area (Å²) in [6, 6.07) is 8.85. The maximum Gasteiger partial charge on any atom is 0.453 e. The van der Waals surface area contributed by atoms with E-state index in [0.29, 0.717) is 65.7 Å². The summed E-state index contributed by atoms with van der Waals surface area (Å²) >= 11 is 12.6. The Balaban J connectivity index is 1.41. The minimum absolute atomic E-state index is 0.00460. The third-order valence-electron chi connectivity index (χ3n) is 8.51. The van der Waals surface area contributed by atoms with Crippen molar-refractivity contribution < 1.29 is 32.3 Å². The molecule has 246 valence electrons. The number of hydrogen-bond acceptors (Lipinski definition) is 7. The Morgan fingerprint density at radius 2 is 1.72 bits per heavy atom. The molecule has 16 heteroatoms. The van der Waals surface area contributed by atoms with Gasteiger partial charge in [0.05, 0.1) is 22.3 Å². The van der Waals surface area contributed by atoms with Gasteiger partial charge in [0.2, 0.25) is 11.8 Å². The fourth-order valence-corrected chi connectivity index (χ4v) is 6.38. The molecular weight excluding hydrogens is 650 g/mol. The molecule has 5 rings (SSSR count). The van der Waals surface area contributed by atoms with Crippen molar-refractivity contribution in [3.8, 4) is 5.69 Å². The van der Waals surface area contributed by atoms with Crippen molar-refractivity contribution in [1.29, 1.82) is 0 Å². The summed E-state index contributed by atoms with van der Waals surface area (Å²) in [7, 11) is 1.44. The minimum atomic E-state index is -4.82. The lowest BCUT2D eigenvalue weighted by Crippen LogP contribution is -2.53. The van der Waals surface area contributed by atoms with Gasteiger partial charge in [-0.25, -0.2) is 0 Å². The molecule has 2 fully saturated rings. The fourth-order valence-electron chi connectivity index (χ4n) is 6.08. The molecule has 0 aliphatic carbocycles. The van der Waals surface area contributed by atoms with Crippen LogP contribution in [0.3, 0.4) is 0 Å². The fraction of sp³-hybridized carbons (Fsp3) is 0.467. The van der Waals surface area contributed by atoms with Crippen LogP contribution < -0.4 is 5.32 Å². The molecule has 0 radical (unpaired) electrons. The van der Waals surface area contributed by atoms with Gasteiger partial charge in [0.1, 0.15) is 0 Å². The van der Waals surface area contributed by atoms with E-state index in [1.165, 1.54) is 32.2 Å². The monoisotopic (exact) mass is 681 g/mol. The minimum Gasteiger partial charge on any atom is -0.380 e. The number of carbonyl (C=O) groups is 3. The van der Waals surface area contributed by atoms with Gasteiger partial charge in [0.15, 0.2) is 0 Å². The van der Waals surface area contributed by atoms with E-state index in [4.69, 9.17) is 27.9 Å². The van der Waals surface area contributed by atoms with E-state index in [0.717, 1.165) is 5.56 Å². The predicted octanol–water partition coefficient (Wildman–Crippen LogP) is 4.51. The molecule has 46 heavy (non-hydrogen) atoms. The molecule has 11 nitrogen and oxygen atoms in total. The van der Waals surface area contributed by atoms with E-state index in [9.17, 15) is 27.6 Å². The summed E-state index contributed by atoms with van der Waals surface area (Å²) < 4.78 is 46.4. The van der Waals surface area contributed by atoms with Crippen LogP contribution >= 0.6 is 23.2 Å². The highest BCUT2D eigenvalue weighted by Crippen LogP contribution is 2.34. The Morgan fingerprint density at radius 1 is 1.00 bits per heavy atom. The molecule has 0 saturated carbocycles. The van der Waals surface area contributed by atoms with Crippen LogP contribution in [0, 0.1) is 5.92 Å². The van der Waals surface area contributed by atoms with Crippen LogP contribution in [-0.4, -0.2) is 87.1 Å². The highest BCUT2D eigenvalue weighted by molar-refractivity contribution is 6.42. The van der Waals surface area contributed by atoms with Gasteiger partial charge in [-0.1, -0.05) is 35.3 Å². The Hall–Kier alpha value is -3.75. The SMILES string of the molecule is COCc1ccc(-n2nnnc2C(F)(F)F)cc1C(=O)NC1CCN(C(=O)C2CCN(C(C)=O)CC2)CC1c1ccc(Cl)c(Cl)c1. The van der Waals surface area contributed by atoms with Crippen LogP contribution in [0.25, 0.3) is 5.69 Å². The average molecular weight is 683 g/mol. The summed E-state index contributed by atoms with van der Waals surface area (Å²) in [5.41, 5.74) is 1.24. The van der Waals surface area contributed by atoms with Crippen LogP contribution in [-0.2, 0) is 27.1 Å². The molecule has 1 aromatic heterocycles. The number of halogens is 5. The third-order valence-corrected chi connectivity index (χ3v) is 9.25. The number of nitrogens with zero attached hydrogens (tertiary/aromatic N) is 6. The largest absolute Gasteiger partial charge is 0.453 e. The zero-order valence-corrected chi connectivity index (χ0v) is 26.6. The molecule has 0 spiro atoms.